The van der Waals surface area contributed by atoms with E-state index in [-0.39, 0.29) is 11.5 Å². The number of fused-ring (bicyclic) bond motifs is 1. The second-order valence-electron chi connectivity index (χ2n) is 8.51. The molecule has 1 N–H and O–H groups in total. The van der Waals surface area contributed by atoms with Crippen molar-refractivity contribution in [1.29, 1.82) is 0 Å². The summed E-state index contributed by atoms with van der Waals surface area (Å²) in [7, 11) is 0. The summed E-state index contributed by atoms with van der Waals surface area (Å²) in [6.45, 7) is 2.86. The summed E-state index contributed by atoms with van der Waals surface area (Å²) >= 11 is 0. The van der Waals surface area contributed by atoms with Gasteiger partial charge in [-0.25, -0.2) is 14.8 Å². The van der Waals surface area contributed by atoms with Crippen molar-refractivity contribution in [3.8, 4) is 0 Å². The third kappa shape index (κ3) is 4.30. The Kier molecular flexibility index (Phi) is 5.77. The molecule has 1 saturated heterocycles. The highest BCUT2D eigenvalue weighted by molar-refractivity contribution is 5.94. The van der Waals surface area contributed by atoms with Crippen molar-refractivity contribution in [2.45, 2.75) is 32.2 Å². The van der Waals surface area contributed by atoms with E-state index in [4.69, 9.17) is 0 Å². The van der Waals surface area contributed by atoms with Crippen molar-refractivity contribution >= 4 is 11.9 Å². The van der Waals surface area contributed by atoms with Gasteiger partial charge in [-0.1, -0.05) is 12.1 Å². The molecule has 2 aromatic heterocycles. The highest BCUT2D eigenvalue weighted by Crippen LogP contribution is 2.18. The molecule has 9 heteroatoms. The Hall–Kier alpha value is -3.75. The quantitative estimate of drug-likeness (QED) is 0.646. The minimum absolute atomic E-state index is 0.0266. The van der Waals surface area contributed by atoms with Gasteiger partial charge in [0.25, 0.3) is 11.5 Å². The zero-order valence-corrected chi connectivity index (χ0v) is 18.4. The summed E-state index contributed by atoms with van der Waals surface area (Å²) < 4.78 is 1.65. The average molecular weight is 447 g/mol. The molecule has 0 atom stereocenters. The number of aromatic amines is 1. The van der Waals surface area contributed by atoms with Crippen molar-refractivity contribution in [3.63, 3.8) is 0 Å². The summed E-state index contributed by atoms with van der Waals surface area (Å²) in [6, 6.07) is 9.20. The number of amides is 1. The van der Waals surface area contributed by atoms with E-state index < -0.39 is 5.69 Å². The fraction of sp³-hybridized carbons (Fsp3) is 0.375. The molecule has 0 spiro atoms. The van der Waals surface area contributed by atoms with Gasteiger partial charge in [-0.15, -0.1) is 0 Å². The molecule has 9 nitrogen and oxygen atoms in total. The molecule has 0 bridgehead atoms. The molecule has 0 unspecified atom stereocenters. The molecule has 33 heavy (non-hydrogen) atoms. The van der Waals surface area contributed by atoms with E-state index in [1.807, 2.05) is 29.2 Å². The van der Waals surface area contributed by atoms with Crippen molar-refractivity contribution in [2.75, 3.05) is 31.1 Å². The summed E-state index contributed by atoms with van der Waals surface area (Å²) in [5.41, 5.74) is 2.34. The number of benzene rings is 1. The first-order valence-electron chi connectivity index (χ1n) is 11.4. The van der Waals surface area contributed by atoms with Gasteiger partial charge in [0.2, 0.25) is 5.95 Å². The van der Waals surface area contributed by atoms with Crippen LogP contribution in [0.3, 0.4) is 0 Å². The number of aromatic nitrogens is 4. The highest BCUT2D eigenvalue weighted by atomic mass is 16.2. The third-order valence-electron chi connectivity index (χ3n) is 6.42. The SMILES string of the molecule is O=C(c1cccc(Cn2c3c(c(=O)[nH]c2=O)CCCC3)c1)N1CCN(c2ncccn2)CC1. The first-order valence-corrected chi connectivity index (χ1v) is 11.4. The first-order chi connectivity index (χ1) is 16.1. The van der Waals surface area contributed by atoms with E-state index in [9.17, 15) is 14.4 Å². The molecule has 1 fully saturated rings. The lowest BCUT2D eigenvalue weighted by Gasteiger charge is -2.34. The Bertz CT molecular complexity index is 1280. The number of nitrogens with zero attached hydrogens (tertiary/aromatic N) is 5. The van der Waals surface area contributed by atoms with Crippen LogP contribution in [0.4, 0.5) is 5.95 Å². The number of rotatable bonds is 4. The second-order valence-corrected chi connectivity index (χ2v) is 8.51. The Morgan fingerprint density at radius 3 is 2.52 bits per heavy atom. The average Bonchev–Trinajstić information content (AvgIpc) is 2.87. The summed E-state index contributed by atoms with van der Waals surface area (Å²) in [5, 5.41) is 0. The summed E-state index contributed by atoms with van der Waals surface area (Å²) in [4.78, 5) is 52.8. The number of hydrogen-bond donors (Lipinski definition) is 1. The largest absolute Gasteiger partial charge is 0.337 e. The van der Waals surface area contributed by atoms with Crippen LogP contribution >= 0.6 is 0 Å². The van der Waals surface area contributed by atoms with Crippen LogP contribution in [0.15, 0.2) is 52.3 Å². The molecule has 1 aromatic carbocycles. The fourth-order valence-electron chi connectivity index (χ4n) is 4.69. The van der Waals surface area contributed by atoms with Crippen LogP contribution in [-0.4, -0.2) is 56.5 Å². The topological polar surface area (TPSA) is 104 Å². The van der Waals surface area contributed by atoms with E-state index >= 15 is 0 Å². The normalized spacial score (nSPS) is 15.9. The van der Waals surface area contributed by atoms with Crippen LogP contribution in [0, 0.1) is 0 Å². The van der Waals surface area contributed by atoms with Crippen LogP contribution in [0.1, 0.15) is 40.0 Å². The van der Waals surface area contributed by atoms with Crippen molar-refractivity contribution in [2.24, 2.45) is 0 Å². The van der Waals surface area contributed by atoms with Gasteiger partial charge in [-0.05, 0) is 49.4 Å². The highest BCUT2D eigenvalue weighted by Gasteiger charge is 2.24. The van der Waals surface area contributed by atoms with Gasteiger partial charge in [0.15, 0.2) is 0 Å². The van der Waals surface area contributed by atoms with Gasteiger partial charge < -0.3 is 9.80 Å². The van der Waals surface area contributed by atoms with E-state index in [0.717, 1.165) is 30.5 Å². The predicted octanol–water partition coefficient (Wildman–Crippen LogP) is 1.22. The molecule has 0 saturated carbocycles. The number of anilines is 1. The van der Waals surface area contributed by atoms with E-state index in [0.29, 0.717) is 56.2 Å². The Labute approximate surface area is 190 Å². The van der Waals surface area contributed by atoms with Gasteiger partial charge in [-0.3, -0.25) is 19.1 Å². The molecule has 5 rings (SSSR count). The van der Waals surface area contributed by atoms with Crippen molar-refractivity contribution in [3.05, 3.63) is 85.9 Å². The number of carbonyl (C=O) groups excluding carboxylic acids is 1. The zero-order valence-electron chi connectivity index (χ0n) is 18.4. The van der Waals surface area contributed by atoms with Gasteiger partial charge in [-0.2, -0.15) is 0 Å². The molecule has 1 amide bonds. The van der Waals surface area contributed by atoms with Crippen LogP contribution in [0.5, 0.6) is 0 Å². The Balaban J connectivity index is 1.32. The number of piperazine rings is 1. The number of hydrogen-bond acceptors (Lipinski definition) is 6. The molecule has 0 radical (unpaired) electrons. The van der Waals surface area contributed by atoms with Crippen molar-refractivity contribution in [1.82, 2.24) is 24.4 Å². The third-order valence-corrected chi connectivity index (χ3v) is 6.42. The molecule has 2 aliphatic rings. The molecule has 3 heterocycles. The molecular weight excluding hydrogens is 420 g/mol. The van der Waals surface area contributed by atoms with Crippen LogP contribution in [-0.2, 0) is 19.4 Å². The van der Waals surface area contributed by atoms with Crippen molar-refractivity contribution < 1.29 is 4.79 Å². The smallest absolute Gasteiger partial charge is 0.328 e. The van der Waals surface area contributed by atoms with E-state index in [1.54, 1.807) is 23.0 Å². The maximum Gasteiger partial charge on any atom is 0.328 e. The second kappa shape index (κ2) is 9.01. The lowest BCUT2D eigenvalue weighted by atomic mass is 9.96. The van der Waals surface area contributed by atoms with Gasteiger partial charge in [0.05, 0.1) is 6.54 Å². The molecule has 3 aromatic rings. The van der Waals surface area contributed by atoms with Crippen LogP contribution in [0.2, 0.25) is 0 Å². The molecule has 170 valence electrons. The summed E-state index contributed by atoms with van der Waals surface area (Å²) in [5.74, 6) is 0.655. The van der Waals surface area contributed by atoms with E-state index in [2.05, 4.69) is 19.9 Å². The van der Waals surface area contributed by atoms with Gasteiger partial charge >= 0.3 is 5.69 Å². The predicted molar refractivity (Wildman–Crippen MR) is 124 cm³/mol. The lowest BCUT2D eigenvalue weighted by Crippen LogP contribution is -2.49. The minimum Gasteiger partial charge on any atom is -0.337 e. The Morgan fingerprint density at radius 1 is 0.970 bits per heavy atom. The van der Waals surface area contributed by atoms with Crippen LogP contribution < -0.4 is 16.1 Å². The lowest BCUT2D eigenvalue weighted by molar-refractivity contribution is 0.0746. The maximum absolute atomic E-state index is 13.2. The molecule has 1 aliphatic heterocycles. The molecular formula is C24H26N6O3. The minimum atomic E-state index is -0.392. The zero-order chi connectivity index (χ0) is 22.8. The van der Waals surface area contributed by atoms with Crippen LogP contribution in [0.25, 0.3) is 0 Å². The number of nitrogens with one attached hydrogen (secondary N) is 1. The Morgan fingerprint density at radius 2 is 1.73 bits per heavy atom. The monoisotopic (exact) mass is 446 g/mol. The fourth-order valence-corrected chi connectivity index (χ4v) is 4.69. The number of H-pyrrole nitrogens is 1. The first kappa shape index (κ1) is 21.1. The molecule has 1 aliphatic carbocycles. The number of carbonyl (C=O) groups is 1. The van der Waals surface area contributed by atoms with Gasteiger partial charge in [0.1, 0.15) is 0 Å². The standard InChI is InChI=1S/C24H26N6O3/c31-21-19-7-1-2-8-20(19)30(24(33)27-21)16-17-5-3-6-18(15-17)22(32)28-11-13-29(14-12-28)23-25-9-4-10-26-23/h3-6,9-10,15H,1-2,7-8,11-14,16H2,(H,27,31,33). The maximum atomic E-state index is 13.2. The summed E-state index contributed by atoms with van der Waals surface area (Å²) in [6.07, 6.45) is 6.79. The van der Waals surface area contributed by atoms with E-state index in [1.165, 1.54) is 0 Å². The van der Waals surface area contributed by atoms with Gasteiger partial charge in [0, 0.05) is 55.4 Å².